The second-order valence-corrected chi connectivity index (χ2v) is 6.46. The van der Waals surface area contributed by atoms with Gasteiger partial charge < -0.3 is 19.5 Å². The SMILES string of the molecule is Cc1ccc2oc(C(=O)NCc3ccc(NC(=O)c4ccco4)cc3)cc2c1. The molecule has 0 radical (unpaired) electrons. The largest absolute Gasteiger partial charge is 0.459 e. The molecule has 6 nitrogen and oxygen atoms in total. The van der Waals surface area contributed by atoms with Gasteiger partial charge in [-0.3, -0.25) is 9.59 Å². The van der Waals surface area contributed by atoms with Crippen LogP contribution >= 0.6 is 0 Å². The zero-order valence-electron chi connectivity index (χ0n) is 15.2. The summed E-state index contributed by atoms with van der Waals surface area (Å²) in [5.74, 6) is -0.0597. The maximum atomic E-state index is 12.3. The summed E-state index contributed by atoms with van der Waals surface area (Å²) in [6, 6.07) is 18.0. The maximum Gasteiger partial charge on any atom is 0.291 e. The molecule has 0 unspecified atom stereocenters. The van der Waals surface area contributed by atoms with Crippen LogP contribution in [-0.2, 0) is 6.54 Å². The first-order valence-electron chi connectivity index (χ1n) is 8.81. The third-order valence-electron chi connectivity index (χ3n) is 4.31. The minimum Gasteiger partial charge on any atom is -0.459 e. The highest BCUT2D eigenvalue weighted by atomic mass is 16.3. The molecule has 2 aromatic carbocycles. The molecule has 6 heteroatoms. The summed E-state index contributed by atoms with van der Waals surface area (Å²) in [6.45, 7) is 2.34. The van der Waals surface area contributed by atoms with Crippen molar-refractivity contribution in [2.75, 3.05) is 5.32 Å². The monoisotopic (exact) mass is 374 g/mol. The Labute approximate surface area is 161 Å². The van der Waals surface area contributed by atoms with Crippen LogP contribution in [0.4, 0.5) is 5.69 Å². The van der Waals surface area contributed by atoms with Gasteiger partial charge in [-0.2, -0.15) is 0 Å². The molecule has 0 fully saturated rings. The van der Waals surface area contributed by atoms with Crippen LogP contribution in [0.15, 0.2) is 75.8 Å². The molecule has 140 valence electrons. The summed E-state index contributed by atoms with van der Waals surface area (Å²) in [7, 11) is 0. The van der Waals surface area contributed by atoms with Gasteiger partial charge in [0, 0.05) is 17.6 Å². The van der Waals surface area contributed by atoms with Crippen LogP contribution in [0.5, 0.6) is 0 Å². The van der Waals surface area contributed by atoms with Gasteiger partial charge in [0.1, 0.15) is 5.58 Å². The van der Waals surface area contributed by atoms with Crippen molar-refractivity contribution >= 4 is 28.5 Å². The van der Waals surface area contributed by atoms with Crippen molar-refractivity contribution in [1.82, 2.24) is 5.32 Å². The molecular weight excluding hydrogens is 356 g/mol. The maximum absolute atomic E-state index is 12.3. The fourth-order valence-corrected chi connectivity index (χ4v) is 2.85. The molecule has 0 aliphatic heterocycles. The molecule has 4 rings (SSSR count). The van der Waals surface area contributed by atoms with Gasteiger partial charge in [0.05, 0.1) is 6.26 Å². The smallest absolute Gasteiger partial charge is 0.291 e. The Bertz CT molecular complexity index is 1130. The highest BCUT2D eigenvalue weighted by molar-refractivity contribution is 6.02. The highest BCUT2D eigenvalue weighted by Gasteiger charge is 2.12. The van der Waals surface area contributed by atoms with Crippen LogP contribution < -0.4 is 10.6 Å². The number of furan rings is 2. The third-order valence-corrected chi connectivity index (χ3v) is 4.31. The van der Waals surface area contributed by atoms with E-state index in [1.807, 2.05) is 37.3 Å². The first-order valence-corrected chi connectivity index (χ1v) is 8.81. The number of amides is 2. The normalized spacial score (nSPS) is 10.8. The van der Waals surface area contributed by atoms with E-state index < -0.39 is 0 Å². The summed E-state index contributed by atoms with van der Waals surface area (Å²) < 4.78 is 10.7. The van der Waals surface area contributed by atoms with Gasteiger partial charge in [-0.05, 0) is 55.0 Å². The molecule has 2 N–H and O–H groups in total. The Hall–Kier alpha value is -3.80. The van der Waals surface area contributed by atoms with E-state index >= 15 is 0 Å². The predicted molar refractivity (Wildman–Crippen MR) is 105 cm³/mol. The lowest BCUT2D eigenvalue weighted by molar-refractivity contribution is 0.0924. The molecule has 0 saturated heterocycles. The number of nitrogens with one attached hydrogen (secondary N) is 2. The molecule has 28 heavy (non-hydrogen) atoms. The number of benzene rings is 2. The minimum atomic E-state index is -0.314. The van der Waals surface area contributed by atoms with Crippen LogP contribution in [0.25, 0.3) is 11.0 Å². The summed E-state index contributed by atoms with van der Waals surface area (Å²) in [4.78, 5) is 24.3. The topological polar surface area (TPSA) is 84.5 Å². The number of hydrogen-bond donors (Lipinski definition) is 2. The molecule has 2 amide bonds. The van der Waals surface area contributed by atoms with E-state index in [0.29, 0.717) is 17.8 Å². The van der Waals surface area contributed by atoms with Crippen molar-refractivity contribution < 1.29 is 18.4 Å². The zero-order chi connectivity index (χ0) is 19.5. The first-order chi connectivity index (χ1) is 13.6. The van der Waals surface area contributed by atoms with E-state index in [2.05, 4.69) is 10.6 Å². The summed E-state index contributed by atoms with van der Waals surface area (Å²) in [5.41, 5.74) is 3.34. The average Bonchev–Trinajstić information content (AvgIpc) is 3.36. The Kier molecular flexibility index (Phi) is 4.68. The van der Waals surface area contributed by atoms with Crippen LogP contribution in [0.2, 0.25) is 0 Å². The molecule has 0 aliphatic carbocycles. The minimum absolute atomic E-state index is 0.248. The Balaban J connectivity index is 1.36. The number of anilines is 1. The molecule has 0 spiro atoms. The lowest BCUT2D eigenvalue weighted by atomic mass is 10.2. The van der Waals surface area contributed by atoms with E-state index in [1.165, 1.54) is 6.26 Å². The fraction of sp³-hybridized carbons (Fsp3) is 0.0909. The van der Waals surface area contributed by atoms with Crippen molar-refractivity contribution in [3.8, 4) is 0 Å². The van der Waals surface area contributed by atoms with Crippen LogP contribution in [0.3, 0.4) is 0 Å². The molecule has 0 aliphatic rings. The number of fused-ring (bicyclic) bond motifs is 1. The van der Waals surface area contributed by atoms with Gasteiger partial charge in [-0.15, -0.1) is 0 Å². The Morgan fingerprint density at radius 3 is 2.50 bits per heavy atom. The van der Waals surface area contributed by atoms with E-state index in [9.17, 15) is 9.59 Å². The number of rotatable bonds is 5. The third kappa shape index (κ3) is 3.81. The van der Waals surface area contributed by atoms with Crippen molar-refractivity contribution in [1.29, 1.82) is 0 Å². The summed E-state index contributed by atoms with van der Waals surface area (Å²) in [5, 5.41) is 6.49. The summed E-state index contributed by atoms with van der Waals surface area (Å²) >= 11 is 0. The molecule has 0 atom stereocenters. The lowest BCUT2D eigenvalue weighted by Crippen LogP contribution is -2.22. The Morgan fingerprint density at radius 2 is 1.75 bits per heavy atom. The van der Waals surface area contributed by atoms with E-state index in [-0.39, 0.29) is 23.3 Å². The van der Waals surface area contributed by atoms with Gasteiger partial charge in [0.15, 0.2) is 11.5 Å². The van der Waals surface area contributed by atoms with Crippen LogP contribution in [-0.4, -0.2) is 11.8 Å². The summed E-state index contributed by atoms with van der Waals surface area (Å²) in [6.07, 6.45) is 1.45. The van der Waals surface area contributed by atoms with Gasteiger partial charge in [0.2, 0.25) is 0 Å². The molecule has 2 heterocycles. The highest BCUT2D eigenvalue weighted by Crippen LogP contribution is 2.20. The van der Waals surface area contributed by atoms with Gasteiger partial charge in [-0.25, -0.2) is 0 Å². The lowest BCUT2D eigenvalue weighted by Gasteiger charge is -2.06. The quantitative estimate of drug-likeness (QED) is 0.538. The number of carbonyl (C=O) groups is 2. The van der Waals surface area contributed by atoms with E-state index in [0.717, 1.165) is 16.5 Å². The van der Waals surface area contributed by atoms with Crippen molar-refractivity contribution in [3.63, 3.8) is 0 Å². The van der Waals surface area contributed by atoms with E-state index in [1.54, 1.807) is 30.3 Å². The zero-order valence-corrected chi connectivity index (χ0v) is 15.2. The molecular formula is C22H18N2O4. The molecule has 0 saturated carbocycles. The predicted octanol–water partition coefficient (Wildman–Crippen LogP) is 4.52. The van der Waals surface area contributed by atoms with Crippen molar-refractivity contribution in [2.45, 2.75) is 13.5 Å². The number of carbonyl (C=O) groups excluding carboxylic acids is 2. The number of hydrogen-bond acceptors (Lipinski definition) is 4. The van der Waals surface area contributed by atoms with Crippen molar-refractivity contribution in [2.24, 2.45) is 0 Å². The fourth-order valence-electron chi connectivity index (χ4n) is 2.85. The van der Waals surface area contributed by atoms with E-state index in [4.69, 9.17) is 8.83 Å². The first kappa shape index (κ1) is 17.6. The second kappa shape index (κ2) is 7.44. The van der Waals surface area contributed by atoms with Crippen LogP contribution in [0.1, 0.15) is 32.2 Å². The average molecular weight is 374 g/mol. The standard InChI is InChI=1S/C22H18N2O4/c1-14-4-9-18-16(11-14)12-20(28-18)21(25)23-13-15-5-7-17(8-6-15)24-22(26)19-3-2-10-27-19/h2-12H,13H2,1H3,(H,23,25)(H,24,26). The second-order valence-electron chi connectivity index (χ2n) is 6.46. The van der Waals surface area contributed by atoms with Crippen LogP contribution in [0, 0.1) is 6.92 Å². The molecule has 4 aromatic rings. The van der Waals surface area contributed by atoms with Gasteiger partial charge in [0.25, 0.3) is 11.8 Å². The molecule has 0 bridgehead atoms. The van der Waals surface area contributed by atoms with Gasteiger partial charge >= 0.3 is 0 Å². The number of aryl methyl sites for hydroxylation is 1. The van der Waals surface area contributed by atoms with Crippen molar-refractivity contribution in [3.05, 3.63) is 89.6 Å². The Morgan fingerprint density at radius 1 is 0.929 bits per heavy atom. The van der Waals surface area contributed by atoms with Gasteiger partial charge in [-0.1, -0.05) is 23.8 Å². The molecule has 2 aromatic heterocycles.